The maximum absolute atomic E-state index is 12.2. The number of ether oxygens (including phenoxy) is 2. The van der Waals surface area contributed by atoms with Gasteiger partial charge in [-0.25, -0.2) is 4.79 Å². The van der Waals surface area contributed by atoms with Crippen LogP contribution in [-0.4, -0.2) is 42.3 Å². The van der Waals surface area contributed by atoms with Crippen molar-refractivity contribution in [1.82, 2.24) is 10.3 Å². The first-order valence-corrected chi connectivity index (χ1v) is 9.43. The fourth-order valence-electron chi connectivity index (χ4n) is 3.51. The lowest BCUT2D eigenvalue weighted by atomic mass is 9.80. The number of anilines is 1. The summed E-state index contributed by atoms with van der Waals surface area (Å²) >= 11 is 0. The molecule has 7 heteroatoms. The van der Waals surface area contributed by atoms with Crippen molar-refractivity contribution < 1.29 is 18.7 Å². The van der Waals surface area contributed by atoms with Gasteiger partial charge in [0.1, 0.15) is 11.3 Å². The Labute approximate surface area is 152 Å². The predicted molar refractivity (Wildman–Crippen MR) is 97.4 cm³/mol. The van der Waals surface area contributed by atoms with Gasteiger partial charge in [-0.05, 0) is 64.3 Å². The van der Waals surface area contributed by atoms with E-state index in [-0.39, 0.29) is 5.97 Å². The second-order valence-corrected chi connectivity index (χ2v) is 6.99. The standard InChI is InChI=1S/C19H25N3O4/c1-2-24-17(23)19(8-3-9-19)26-14-4-5-16-15(12-14)22-18(25-16)21-13-6-10-20-11-7-13/h4-5,12-13,20H,2-3,6-11H2,1H3,(H,21,22). The molecule has 0 spiro atoms. The highest BCUT2D eigenvalue weighted by Crippen LogP contribution is 2.38. The molecular formula is C19H25N3O4. The van der Waals surface area contributed by atoms with Crippen LogP contribution < -0.4 is 15.4 Å². The molecule has 1 saturated carbocycles. The molecule has 2 heterocycles. The quantitative estimate of drug-likeness (QED) is 0.767. The minimum absolute atomic E-state index is 0.278. The Bertz CT molecular complexity index is 778. The first-order chi connectivity index (χ1) is 12.7. The topological polar surface area (TPSA) is 85.6 Å². The van der Waals surface area contributed by atoms with Crippen molar-refractivity contribution in [2.75, 3.05) is 25.0 Å². The Morgan fingerprint density at radius 1 is 1.38 bits per heavy atom. The molecule has 4 rings (SSSR count). The number of hydrogen-bond acceptors (Lipinski definition) is 7. The van der Waals surface area contributed by atoms with Crippen molar-refractivity contribution in [3.05, 3.63) is 18.2 Å². The lowest BCUT2D eigenvalue weighted by Crippen LogP contribution is -2.51. The van der Waals surface area contributed by atoms with Crippen LogP contribution in [0.4, 0.5) is 6.01 Å². The van der Waals surface area contributed by atoms with Gasteiger partial charge in [-0.15, -0.1) is 0 Å². The summed E-state index contributed by atoms with van der Waals surface area (Å²) in [6, 6.07) is 6.39. The number of nitrogens with zero attached hydrogens (tertiary/aromatic N) is 1. The van der Waals surface area contributed by atoms with Crippen LogP contribution >= 0.6 is 0 Å². The third-order valence-electron chi connectivity index (χ3n) is 5.15. The molecule has 0 amide bonds. The molecule has 1 saturated heterocycles. The Kier molecular flexibility index (Phi) is 4.72. The van der Waals surface area contributed by atoms with E-state index < -0.39 is 5.60 Å². The summed E-state index contributed by atoms with van der Waals surface area (Å²) in [5.74, 6) is 0.340. The van der Waals surface area contributed by atoms with Gasteiger partial charge in [0, 0.05) is 12.1 Å². The normalized spacial score (nSPS) is 19.7. The highest BCUT2D eigenvalue weighted by molar-refractivity contribution is 5.82. The average molecular weight is 359 g/mol. The van der Waals surface area contributed by atoms with Gasteiger partial charge in [0.2, 0.25) is 5.60 Å². The number of hydrogen-bond donors (Lipinski definition) is 2. The van der Waals surface area contributed by atoms with Gasteiger partial charge >= 0.3 is 5.97 Å². The van der Waals surface area contributed by atoms with E-state index in [1.165, 1.54) is 0 Å². The van der Waals surface area contributed by atoms with Crippen LogP contribution in [0.3, 0.4) is 0 Å². The third kappa shape index (κ3) is 3.35. The number of rotatable bonds is 6. The lowest BCUT2D eigenvalue weighted by Gasteiger charge is -2.39. The van der Waals surface area contributed by atoms with Crippen LogP contribution in [0.2, 0.25) is 0 Å². The van der Waals surface area contributed by atoms with Crippen molar-refractivity contribution in [2.24, 2.45) is 0 Å². The van der Waals surface area contributed by atoms with Crippen LogP contribution in [0, 0.1) is 0 Å². The first kappa shape index (κ1) is 17.1. The molecule has 2 aromatic rings. The summed E-state index contributed by atoms with van der Waals surface area (Å²) in [6.07, 6.45) is 4.44. The number of esters is 1. The number of carbonyl (C=O) groups excluding carboxylic acids is 1. The van der Waals surface area contributed by atoms with Crippen LogP contribution in [0.15, 0.2) is 22.6 Å². The van der Waals surface area contributed by atoms with Gasteiger partial charge in [-0.3, -0.25) is 0 Å². The Balaban J connectivity index is 1.49. The Morgan fingerprint density at radius 3 is 2.88 bits per heavy atom. The maximum Gasteiger partial charge on any atom is 0.350 e. The molecule has 26 heavy (non-hydrogen) atoms. The van der Waals surface area contributed by atoms with Gasteiger partial charge < -0.3 is 24.5 Å². The third-order valence-corrected chi connectivity index (χ3v) is 5.15. The average Bonchev–Trinajstić information content (AvgIpc) is 3.00. The zero-order valence-corrected chi connectivity index (χ0v) is 15.0. The predicted octanol–water partition coefficient (Wildman–Crippen LogP) is 2.86. The second-order valence-electron chi connectivity index (χ2n) is 6.99. The van der Waals surface area contributed by atoms with E-state index in [0.717, 1.165) is 37.9 Å². The number of nitrogens with one attached hydrogen (secondary N) is 2. The van der Waals surface area contributed by atoms with E-state index in [1.54, 1.807) is 0 Å². The summed E-state index contributed by atoms with van der Waals surface area (Å²) in [5, 5.41) is 6.70. The van der Waals surface area contributed by atoms with Gasteiger partial charge in [0.15, 0.2) is 5.58 Å². The molecule has 7 nitrogen and oxygen atoms in total. The summed E-state index contributed by atoms with van der Waals surface area (Å²) in [5.41, 5.74) is 0.578. The van der Waals surface area contributed by atoms with Gasteiger partial charge in [0.05, 0.1) is 6.61 Å². The van der Waals surface area contributed by atoms with E-state index in [0.29, 0.717) is 42.8 Å². The molecule has 2 aliphatic rings. The molecule has 1 aliphatic heterocycles. The van der Waals surface area contributed by atoms with E-state index in [9.17, 15) is 4.79 Å². The minimum Gasteiger partial charge on any atom is -0.475 e. The number of benzene rings is 1. The zero-order chi connectivity index (χ0) is 18.0. The maximum atomic E-state index is 12.2. The largest absolute Gasteiger partial charge is 0.475 e. The highest BCUT2D eigenvalue weighted by Gasteiger charge is 2.48. The molecule has 0 unspecified atom stereocenters. The van der Waals surface area contributed by atoms with Crippen molar-refractivity contribution in [3.8, 4) is 5.75 Å². The van der Waals surface area contributed by atoms with Crippen LogP contribution in [0.25, 0.3) is 11.1 Å². The molecule has 1 aliphatic carbocycles. The second kappa shape index (κ2) is 7.15. The Morgan fingerprint density at radius 2 is 2.19 bits per heavy atom. The Hall–Kier alpha value is -2.28. The monoisotopic (exact) mass is 359 g/mol. The smallest absolute Gasteiger partial charge is 0.350 e. The SMILES string of the molecule is CCOC(=O)C1(Oc2ccc3oc(NC4CCNCC4)nc3c2)CCC1. The number of piperidine rings is 1. The molecular weight excluding hydrogens is 334 g/mol. The molecule has 140 valence electrons. The van der Waals surface area contributed by atoms with Crippen LogP contribution in [0.1, 0.15) is 39.0 Å². The fourth-order valence-corrected chi connectivity index (χ4v) is 3.51. The molecule has 2 fully saturated rings. The van der Waals surface area contributed by atoms with Crippen molar-refractivity contribution in [3.63, 3.8) is 0 Å². The number of aromatic nitrogens is 1. The van der Waals surface area contributed by atoms with Gasteiger partial charge in [0.25, 0.3) is 6.01 Å². The summed E-state index contributed by atoms with van der Waals surface area (Å²) in [7, 11) is 0. The molecule has 0 bridgehead atoms. The molecule has 2 N–H and O–H groups in total. The first-order valence-electron chi connectivity index (χ1n) is 9.43. The van der Waals surface area contributed by atoms with E-state index in [2.05, 4.69) is 15.6 Å². The van der Waals surface area contributed by atoms with E-state index >= 15 is 0 Å². The van der Waals surface area contributed by atoms with Crippen molar-refractivity contribution >= 4 is 23.1 Å². The number of oxazole rings is 1. The van der Waals surface area contributed by atoms with Crippen molar-refractivity contribution in [2.45, 2.75) is 50.7 Å². The summed E-state index contributed by atoms with van der Waals surface area (Å²) in [4.78, 5) is 16.8. The summed E-state index contributed by atoms with van der Waals surface area (Å²) in [6.45, 7) is 4.18. The minimum atomic E-state index is -0.844. The molecule has 1 aromatic carbocycles. The van der Waals surface area contributed by atoms with Gasteiger partial charge in [-0.2, -0.15) is 4.98 Å². The lowest BCUT2D eigenvalue weighted by molar-refractivity contribution is -0.169. The highest BCUT2D eigenvalue weighted by atomic mass is 16.6. The van der Waals surface area contributed by atoms with Crippen LogP contribution in [0.5, 0.6) is 5.75 Å². The van der Waals surface area contributed by atoms with E-state index in [1.807, 2.05) is 25.1 Å². The van der Waals surface area contributed by atoms with Crippen molar-refractivity contribution in [1.29, 1.82) is 0 Å². The summed E-state index contributed by atoms with van der Waals surface area (Å²) < 4.78 is 17.0. The number of fused-ring (bicyclic) bond motifs is 1. The van der Waals surface area contributed by atoms with E-state index in [4.69, 9.17) is 13.9 Å². The fraction of sp³-hybridized carbons (Fsp3) is 0.579. The van der Waals surface area contributed by atoms with Gasteiger partial charge in [-0.1, -0.05) is 0 Å². The molecule has 0 radical (unpaired) electrons. The van der Waals surface area contributed by atoms with Crippen LogP contribution in [-0.2, 0) is 9.53 Å². The zero-order valence-electron chi connectivity index (χ0n) is 15.0. The molecule has 1 aromatic heterocycles. The molecule has 0 atom stereocenters. The number of carbonyl (C=O) groups is 1.